The molecule has 2 N–H and O–H groups in total. The Morgan fingerprint density at radius 3 is 2.67 bits per heavy atom. The second-order valence-corrected chi connectivity index (χ2v) is 10.3. The van der Waals surface area contributed by atoms with Gasteiger partial charge in [-0.3, -0.25) is 9.47 Å². The average molecular weight is 508 g/mol. The number of benzene rings is 1. The smallest absolute Gasteiger partial charge is 0.408 e. The zero-order valence-corrected chi connectivity index (χ0v) is 19.7. The third kappa shape index (κ3) is 3.29. The van der Waals surface area contributed by atoms with Gasteiger partial charge in [-0.1, -0.05) is 18.2 Å². The minimum atomic E-state index is -3.92. The molecule has 11 nitrogen and oxygen atoms in total. The highest BCUT2D eigenvalue weighted by Crippen LogP contribution is 2.38. The lowest BCUT2D eigenvalue weighted by Crippen LogP contribution is -2.32. The standard InChI is InChI=1S/C24H21N5O6S/c30-14-15-8-9-19(35-15)23-26-18-13-25-22-17(21(18)29(23)20-7-4-11-27(20)24(31)32)10-12-28(22)36(33,34)16-5-2-1-3-6-16/h1-3,5-6,8-10,12-13,20,30H,4,7,11,14H2,(H,31,32). The topological polar surface area (TPSA) is 144 Å². The number of aliphatic hydroxyl groups excluding tert-OH is 1. The Balaban J connectivity index is 1.63. The number of nitrogens with zero attached hydrogens (tertiary/aromatic N) is 5. The fraction of sp³-hybridized carbons (Fsp3) is 0.208. The number of furan rings is 1. The van der Waals surface area contributed by atoms with E-state index in [0.29, 0.717) is 53.2 Å². The molecule has 0 saturated carbocycles. The summed E-state index contributed by atoms with van der Waals surface area (Å²) >= 11 is 0. The number of fused-ring (bicyclic) bond motifs is 3. The lowest BCUT2D eigenvalue weighted by atomic mass is 10.2. The maximum atomic E-state index is 13.4. The second kappa shape index (κ2) is 8.21. The Morgan fingerprint density at radius 2 is 1.94 bits per heavy atom. The zero-order valence-electron chi connectivity index (χ0n) is 18.9. The first-order chi connectivity index (χ1) is 17.4. The summed E-state index contributed by atoms with van der Waals surface area (Å²) in [6.07, 6.45) is 2.49. The van der Waals surface area contributed by atoms with Gasteiger partial charge in [0.25, 0.3) is 10.0 Å². The fourth-order valence-corrected chi connectivity index (χ4v) is 6.16. The predicted octanol–water partition coefficient (Wildman–Crippen LogP) is 3.65. The number of likely N-dealkylation sites (tertiary alicyclic amines) is 1. The molecule has 1 saturated heterocycles. The predicted molar refractivity (Wildman–Crippen MR) is 129 cm³/mol. The van der Waals surface area contributed by atoms with E-state index in [1.165, 1.54) is 29.4 Å². The number of pyridine rings is 1. The highest BCUT2D eigenvalue weighted by Gasteiger charge is 2.35. The van der Waals surface area contributed by atoms with Gasteiger partial charge in [-0.05, 0) is 43.2 Å². The molecule has 5 aromatic rings. The van der Waals surface area contributed by atoms with E-state index in [1.807, 2.05) is 0 Å². The van der Waals surface area contributed by atoms with Gasteiger partial charge in [0, 0.05) is 18.1 Å². The van der Waals surface area contributed by atoms with E-state index in [4.69, 9.17) is 9.40 Å². The number of amides is 1. The van der Waals surface area contributed by atoms with E-state index in [2.05, 4.69) is 4.98 Å². The van der Waals surface area contributed by atoms with Gasteiger partial charge in [-0.25, -0.2) is 27.2 Å². The van der Waals surface area contributed by atoms with Crippen LogP contribution in [0.4, 0.5) is 4.79 Å². The van der Waals surface area contributed by atoms with E-state index in [9.17, 15) is 23.4 Å². The molecule has 1 unspecified atom stereocenters. The zero-order chi connectivity index (χ0) is 25.0. The van der Waals surface area contributed by atoms with Crippen molar-refractivity contribution in [3.63, 3.8) is 0 Å². The molecule has 0 spiro atoms. The molecule has 6 rings (SSSR count). The van der Waals surface area contributed by atoms with E-state index in [-0.39, 0.29) is 17.1 Å². The van der Waals surface area contributed by atoms with Crippen LogP contribution in [0.1, 0.15) is 24.8 Å². The molecule has 4 aromatic heterocycles. The Labute approximate surface area is 204 Å². The summed E-state index contributed by atoms with van der Waals surface area (Å²) in [7, 11) is -3.92. The quantitative estimate of drug-likeness (QED) is 0.367. The van der Waals surface area contributed by atoms with E-state index >= 15 is 0 Å². The Morgan fingerprint density at radius 1 is 1.14 bits per heavy atom. The molecule has 12 heteroatoms. The van der Waals surface area contributed by atoms with Gasteiger partial charge in [0.15, 0.2) is 17.2 Å². The number of carbonyl (C=O) groups is 1. The molecule has 1 amide bonds. The summed E-state index contributed by atoms with van der Waals surface area (Å²) in [6.45, 7) is 0.0632. The van der Waals surface area contributed by atoms with Crippen molar-refractivity contribution in [1.82, 2.24) is 23.4 Å². The molecule has 1 fully saturated rings. The van der Waals surface area contributed by atoms with Crippen LogP contribution in [0.15, 0.2) is 70.2 Å². The largest absolute Gasteiger partial charge is 0.465 e. The number of imidazole rings is 1. The van der Waals surface area contributed by atoms with Crippen LogP contribution in [0.5, 0.6) is 0 Å². The van der Waals surface area contributed by atoms with Crippen molar-refractivity contribution in [2.75, 3.05) is 6.54 Å². The van der Waals surface area contributed by atoms with Gasteiger partial charge >= 0.3 is 6.09 Å². The molecule has 1 aliphatic rings. The Kier molecular flexibility index (Phi) is 5.09. The summed E-state index contributed by atoms with van der Waals surface area (Å²) < 4.78 is 35.4. The van der Waals surface area contributed by atoms with Gasteiger partial charge in [-0.2, -0.15) is 0 Å². The van der Waals surface area contributed by atoms with Crippen molar-refractivity contribution >= 4 is 38.2 Å². The van der Waals surface area contributed by atoms with E-state index in [0.717, 1.165) is 3.97 Å². The van der Waals surface area contributed by atoms with Crippen molar-refractivity contribution in [2.24, 2.45) is 0 Å². The van der Waals surface area contributed by atoms with Crippen molar-refractivity contribution in [3.05, 3.63) is 66.7 Å². The number of aliphatic hydroxyl groups is 1. The first kappa shape index (κ1) is 22.3. The van der Waals surface area contributed by atoms with Crippen LogP contribution >= 0.6 is 0 Å². The summed E-state index contributed by atoms with van der Waals surface area (Å²) in [4.78, 5) is 22.6. The lowest BCUT2D eigenvalue weighted by Gasteiger charge is -2.25. The Bertz CT molecular complexity index is 1720. The van der Waals surface area contributed by atoms with Crippen molar-refractivity contribution in [2.45, 2.75) is 30.5 Å². The minimum absolute atomic E-state index is 0.124. The third-order valence-corrected chi connectivity index (χ3v) is 8.11. The van der Waals surface area contributed by atoms with Crippen LogP contribution in [0.25, 0.3) is 33.7 Å². The van der Waals surface area contributed by atoms with Crippen LogP contribution in [0.3, 0.4) is 0 Å². The number of rotatable bonds is 5. The van der Waals surface area contributed by atoms with Gasteiger partial charge in [0.2, 0.25) is 0 Å². The van der Waals surface area contributed by atoms with Crippen molar-refractivity contribution < 1.29 is 27.8 Å². The number of carboxylic acid groups (broad SMARTS) is 1. The van der Waals surface area contributed by atoms with Crippen molar-refractivity contribution in [3.8, 4) is 11.6 Å². The highest BCUT2D eigenvalue weighted by molar-refractivity contribution is 7.90. The summed E-state index contributed by atoms with van der Waals surface area (Å²) in [6, 6.07) is 13.0. The highest BCUT2D eigenvalue weighted by atomic mass is 32.2. The summed E-state index contributed by atoms with van der Waals surface area (Å²) in [5.74, 6) is 1.07. The molecule has 0 radical (unpaired) electrons. The van der Waals surface area contributed by atoms with Gasteiger partial charge in [-0.15, -0.1) is 0 Å². The third-order valence-electron chi connectivity index (χ3n) is 6.43. The van der Waals surface area contributed by atoms with Crippen LogP contribution in [-0.2, 0) is 16.6 Å². The van der Waals surface area contributed by atoms with Gasteiger partial charge < -0.3 is 14.6 Å². The first-order valence-corrected chi connectivity index (χ1v) is 12.7. The molecule has 184 valence electrons. The molecule has 1 atom stereocenters. The van der Waals surface area contributed by atoms with E-state index in [1.54, 1.807) is 41.0 Å². The summed E-state index contributed by atoms with van der Waals surface area (Å²) in [5.41, 5.74) is 1.22. The fourth-order valence-electron chi connectivity index (χ4n) is 4.84. The minimum Gasteiger partial charge on any atom is -0.465 e. The van der Waals surface area contributed by atoms with E-state index < -0.39 is 22.3 Å². The van der Waals surface area contributed by atoms with Crippen molar-refractivity contribution in [1.29, 1.82) is 0 Å². The molecular weight excluding hydrogens is 486 g/mol. The molecular formula is C24H21N5O6S. The SMILES string of the molecule is O=C(O)N1CCCC1n1c(-c2ccc(CO)o2)nc2cnc3c(ccn3S(=O)(=O)c3ccccc3)c21. The molecule has 5 heterocycles. The molecule has 0 bridgehead atoms. The number of hydrogen-bond acceptors (Lipinski definition) is 7. The van der Waals surface area contributed by atoms with Crippen LogP contribution in [0.2, 0.25) is 0 Å². The van der Waals surface area contributed by atoms with Gasteiger partial charge in [0.1, 0.15) is 24.0 Å². The maximum Gasteiger partial charge on any atom is 0.408 e. The molecule has 1 aliphatic heterocycles. The number of aromatic nitrogens is 4. The molecule has 0 aliphatic carbocycles. The normalized spacial score (nSPS) is 16.4. The average Bonchev–Trinajstić information content (AvgIpc) is 3.67. The van der Waals surface area contributed by atoms with Crippen LogP contribution < -0.4 is 0 Å². The summed E-state index contributed by atoms with van der Waals surface area (Å²) in [5, 5.41) is 19.8. The van der Waals surface area contributed by atoms with Crippen LogP contribution in [-0.4, -0.2) is 54.7 Å². The Hall–Kier alpha value is -4.16. The van der Waals surface area contributed by atoms with Crippen LogP contribution in [0, 0.1) is 0 Å². The lowest BCUT2D eigenvalue weighted by molar-refractivity contribution is 0.125. The monoisotopic (exact) mass is 507 g/mol. The number of hydrogen-bond donors (Lipinski definition) is 2. The first-order valence-electron chi connectivity index (χ1n) is 11.3. The second-order valence-electron chi connectivity index (χ2n) is 8.49. The molecule has 1 aromatic carbocycles. The molecule has 36 heavy (non-hydrogen) atoms. The maximum absolute atomic E-state index is 13.4. The van der Waals surface area contributed by atoms with Gasteiger partial charge in [0.05, 0.1) is 16.6 Å².